The lowest BCUT2D eigenvalue weighted by Gasteiger charge is -2.36. The van der Waals surface area contributed by atoms with Gasteiger partial charge in [-0.25, -0.2) is 4.90 Å². The van der Waals surface area contributed by atoms with Crippen LogP contribution in [-0.4, -0.2) is 58.4 Å². The van der Waals surface area contributed by atoms with Gasteiger partial charge in [-0.2, -0.15) is 0 Å². The highest BCUT2D eigenvalue weighted by Gasteiger charge is 2.68. The third-order valence-electron chi connectivity index (χ3n) is 6.79. The lowest BCUT2D eigenvalue weighted by Crippen LogP contribution is -2.41. The minimum atomic E-state index is -0.599. The van der Waals surface area contributed by atoms with Gasteiger partial charge in [0.15, 0.2) is 0 Å². The molecule has 6 heteroatoms. The van der Waals surface area contributed by atoms with Crippen LogP contribution in [0.15, 0.2) is 48.5 Å². The minimum absolute atomic E-state index is 0.117. The molecule has 0 aromatic heterocycles. The maximum absolute atomic E-state index is 6.92. The van der Waals surface area contributed by atoms with E-state index in [-0.39, 0.29) is 18.7 Å². The summed E-state index contributed by atoms with van der Waals surface area (Å²) in [6, 6.07) is 16.9. The zero-order valence-corrected chi connectivity index (χ0v) is 18.6. The summed E-state index contributed by atoms with van der Waals surface area (Å²) in [6.45, 7) is 4.85. The van der Waals surface area contributed by atoms with Crippen molar-refractivity contribution < 1.29 is 14.2 Å². The number of ether oxygens (including phenoxy) is 3. The van der Waals surface area contributed by atoms with E-state index in [2.05, 4.69) is 105 Å². The molecule has 3 heterocycles. The van der Waals surface area contributed by atoms with Gasteiger partial charge in [0.25, 0.3) is 0 Å². The van der Waals surface area contributed by atoms with Crippen molar-refractivity contribution in [3.05, 3.63) is 59.7 Å². The maximum Gasteiger partial charge on any atom is 0.149 e. The first-order chi connectivity index (χ1) is 14.3. The Balaban J connectivity index is 1.61. The lowest BCUT2D eigenvalue weighted by atomic mass is 9.91. The van der Waals surface area contributed by atoms with E-state index >= 15 is 0 Å². The SMILES string of the molecule is CN(C)c1ccccc1[C@]1(C)O[C@@H]2N3[C@H](CO[C@H]31)O[C@]2(C)c1ccccc1N(C)C. The molecule has 0 bridgehead atoms. The van der Waals surface area contributed by atoms with E-state index in [1.54, 1.807) is 0 Å². The van der Waals surface area contributed by atoms with Crippen molar-refractivity contribution in [3.8, 4) is 0 Å². The molecule has 5 rings (SSSR count). The van der Waals surface area contributed by atoms with Crippen LogP contribution in [0, 0.1) is 0 Å². The summed E-state index contributed by atoms with van der Waals surface area (Å²) in [7, 11) is 8.27. The molecule has 3 saturated heterocycles. The standard InChI is InChI=1S/C24H31N3O3/c1-23(16-11-7-9-13-18(16)25(3)4)21-27-20(15-28-21)29-24(2,22(27)30-23)17-12-8-10-14-19(17)26(5)6/h7-14,20-22H,15H2,1-6H3/t20-,21-,22-,23-,24+/m0/s1. The smallest absolute Gasteiger partial charge is 0.149 e. The van der Waals surface area contributed by atoms with Crippen molar-refractivity contribution in [3.63, 3.8) is 0 Å². The fraction of sp³-hybridized carbons (Fsp3) is 0.500. The molecule has 2 aromatic rings. The van der Waals surface area contributed by atoms with Crippen molar-refractivity contribution in [2.45, 2.75) is 43.7 Å². The first-order valence-electron chi connectivity index (χ1n) is 10.6. The molecule has 0 amide bonds. The maximum atomic E-state index is 6.92. The third-order valence-corrected chi connectivity index (χ3v) is 6.79. The molecule has 5 atom stereocenters. The second-order valence-electron chi connectivity index (χ2n) is 9.21. The van der Waals surface area contributed by atoms with Gasteiger partial charge in [0.1, 0.15) is 29.9 Å². The van der Waals surface area contributed by atoms with Crippen LogP contribution < -0.4 is 9.80 Å². The summed E-state index contributed by atoms with van der Waals surface area (Å²) in [4.78, 5) is 6.56. The van der Waals surface area contributed by atoms with Gasteiger partial charge in [-0.15, -0.1) is 0 Å². The number of rotatable bonds is 4. The van der Waals surface area contributed by atoms with E-state index in [1.165, 1.54) is 0 Å². The van der Waals surface area contributed by atoms with Gasteiger partial charge < -0.3 is 24.0 Å². The van der Waals surface area contributed by atoms with E-state index in [4.69, 9.17) is 14.2 Å². The van der Waals surface area contributed by atoms with Crippen LogP contribution in [0.2, 0.25) is 0 Å². The van der Waals surface area contributed by atoms with Gasteiger partial charge in [-0.3, -0.25) is 0 Å². The predicted octanol–water partition coefficient (Wildman–Crippen LogP) is 3.32. The van der Waals surface area contributed by atoms with Crippen LogP contribution in [0.4, 0.5) is 11.4 Å². The van der Waals surface area contributed by atoms with E-state index in [0.29, 0.717) is 6.61 Å². The molecule has 3 aliphatic heterocycles. The van der Waals surface area contributed by atoms with Crippen LogP contribution in [0.5, 0.6) is 0 Å². The highest BCUT2D eigenvalue weighted by molar-refractivity contribution is 5.57. The van der Waals surface area contributed by atoms with Gasteiger partial charge >= 0.3 is 0 Å². The van der Waals surface area contributed by atoms with E-state index < -0.39 is 11.2 Å². The number of anilines is 2. The van der Waals surface area contributed by atoms with E-state index in [1.807, 2.05) is 0 Å². The Morgan fingerprint density at radius 2 is 1.27 bits per heavy atom. The zero-order valence-electron chi connectivity index (χ0n) is 18.6. The molecule has 0 unspecified atom stereocenters. The van der Waals surface area contributed by atoms with Crippen LogP contribution in [0.25, 0.3) is 0 Å². The van der Waals surface area contributed by atoms with Gasteiger partial charge in [-0.05, 0) is 26.0 Å². The van der Waals surface area contributed by atoms with Crippen molar-refractivity contribution in [1.82, 2.24) is 4.90 Å². The Kier molecular flexibility index (Phi) is 4.42. The summed E-state index contributed by atoms with van der Waals surface area (Å²) < 4.78 is 19.8. The van der Waals surface area contributed by atoms with Crippen molar-refractivity contribution in [2.75, 3.05) is 44.6 Å². The zero-order chi connectivity index (χ0) is 21.3. The topological polar surface area (TPSA) is 37.4 Å². The second-order valence-corrected chi connectivity index (χ2v) is 9.21. The van der Waals surface area contributed by atoms with Crippen molar-refractivity contribution in [2.24, 2.45) is 0 Å². The molecule has 0 aliphatic carbocycles. The van der Waals surface area contributed by atoms with Gasteiger partial charge in [0.2, 0.25) is 0 Å². The van der Waals surface area contributed by atoms with Gasteiger partial charge in [-0.1, -0.05) is 36.4 Å². The van der Waals surface area contributed by atoms with Crippen LogP contribution in [0.3, 0.4) is 0 Å². The quantitative estimate of drug-likeness (QED) is 0.771. The monoisotopic (exact) mass is 409 g/mol. The number of para-hydroxylation sites is 2. The normalized spacial score (nSPS) is 34.9. The largest absolute Gasteiger partial charge is 0.377 e. The molecule has 0 saturated carbocycles. The predicted molar refractivity (Wildman–Crippen MR) is 118 cm³/mol. The van der Waals surface area contributed by atoms with Crippen molar-refractivity contribution >= 4 is 11.4 Å². The summed E-state index contributed by atoms with van der Waals surface area (Å²) in [6.07, 6.45) is -0.549. The second kappa shape index (κ2) is 6.69. The fourth-order valence-corrected chi connectivity index (χ4v) is 5.36. The molecule has 0 spiro atoms. The molecular formula is C24H31N3O3. The molecular weight excluding hydrogens is 378 g/mol. The average molecular weight is 410 g/mol. The molecule has 30 heavy (non-hydrogen) atoms. The Hall–Kier alpha value is -2.12. The van der Waals surface area contributed by atoms with Crippen LogP contribution in [0.1, 0.15) is 25.0 Å². The fourth-order valence-electron chi connectivity index (χ4n) is 5.36. The molecule has 3 fully saturated rings. The van der Waals surface area contributed by atoms with Crippen LogP contribution >= 0.6 is 0 Å². The Morgan fingerprint density at radius 1 is 0.767 bits per heavy atom. The number of benzene rings is 2. The van der Waals surface area contributed by atoms with E-state index in [0.717, 1.165) is 22.5 Å². The highest BCUT2D eigenvalue weighted by Crippen LogP contribution is 2.57. The minimum Gasteiger partial charge on any atom is -0.377 e. The molecule has 3 aliphatic rings. The van der Waals surface area contributed by atoms with Gasteiger partial charge in [0, 0.05) is 50.7 Å². The average Bonchev–Trinajstić information content (AvgIpc) is 3.36. The number of hydrogen-bond donors (Lipinski definition) is 0. The Morgan fingerprint density at radius 3 is 1.80 bits per heavy atom. The molecule has 2 aromatic carbocycles. The summed E-state index contributed by atoms with van der Waals surface area (Å²) in [5.74, 6) is 0. The molecule has 0 radical (unpaired) electrons. The first kappa shape index (κ1) is 19.8. The van der Waals surface area contributed by atoms with Crippen molar-refractivity contribution in [1.29, 1.82) is 0 Å². The van der Waals surface area contributed by atoms with Gasteiger partial charge in [0.05, 0.1) is 6.61 Å². The number of nitrogens with zero attached hydrogens (tertiary/aromatic N) is 3. The highest BCUT2D eigenvalue weighted by atomic mass is 16.7. The molecule has 0 N–H and O–H groups in total. The van der Waals surface area contributed by atoms with Crippen LogP contribution in [-0.2, 0) is 25.4 Å². The Labute approximate surface area is 178 Å². The van der Waals surface area contributed by atoms with E-state index in [9.17, 15) is 0 Å². The summed E-state index contributed by atoms with van der Waals surface area (Å²) >= 11 is 0. The summed E-state index contributed by atoms with van der Waals surface area (Å²) in [5.41, 5.74) is 3.36. The molecule has 160 valence electrons. The first-order valence-corrected chi connectivity index (χ1v) is 10.6. The summed E-state index contributed by atoms with van der Waals surface area (Å²) in [5, 5.41) is 0. The molecule has 6 nitrogen and oxygen atoms in total. The Bertz CT molecular complexity index is 913. The lowest BCUT2D eigenvalue weighted by molar-refractivity contribution is -0.137. The number of hydrogen-bond acceptors (Lipinski definition) is 6. The third kappa shape index (κ3) is 2.57.